The van der Waals surface area contributed by atoms with Gasteiger partial charge in [0.15, 0.2) is 0 Å². The SMILES string of the molecule is OCCCC(O)CCC(O)CCC1CCCO1. The van der Waals surface area contributed by atoms with Gasteiger partial charge in [0.05, 0.1) is 18.3 Å². The van der Waals surface area contributed by atoms with Crippen molar-refractivity contribution in [3.05, 3.63) is 0 Å². The molecule has 0 radical (unpaired) electrons. The monoisotopic (exact) mass is 246 g/mol. The number of ether oxygens (including phenoxy) is 1. The highest BCUT2D eigenvalue weighted by atomic mass is 16.5. The van der Waals surface area contributed by atoms with Crippen LogP contribution in [0, 0.1) is 0 Å². The summed E-state index contributed by atoms with van der Waals surface area (Å²) >= 11 is 0. The fourth-order valence-electron chi connectivity index (χ4n) is 2.25. The Morgan fingerprint density at radius 1 is 1.06 bits per heavy atom. The van der Waals surface area contributed by atoms with E-state index in [1.807, 2.05) is 0 Å². The summed E-state index contributed by atoms with van der Waals surface area (Å²) in [6.07, 6.45) is 6.07. The molecule has 1 aliphatic rings. The minimum Gasteiger partial charge on any atom is -0.396 e. The molecule has 0 saturated carbocycles. The molecule has 0 aromatic carbocycles. The molecule has 0 amide bonds. The molecule has 1 fully saturated rings. The predicted molar refractivity (Wildman–Crippen MR) is 65.8 cm³/mol. The van der Waals surface area contributed by atoms with E-state index < -0.39 is 0 Å². The van der Waals surface area contributed by atoms with Crippen molar-refractivity contribution in [2.24, 2.45) is 0 Å². The largest absolute Gasteiger partial charge is 0.396 e. The number of aliphatic hydroxyl groups excluding tert-OH is 3. The fraction of sp³-hybridized carbons (Fsp3) is 1.00. The van der Waals surface area contributed by atoms with E-state index in [2.05, 4.69) is 0 Å². The first-order chi connectivity index (χ1) is 8.22. The Hall–Kier alpha value is -0.160. The van der Waals surface area contributed by atoms with Crippen LogP contribution in [0.5, 0.6) is 0 Å². The molecule has 0 aromatic heterocycles. The second-order valence-electron chi connectivity index (χ2n) is 4.96. The first-order valence-electron chi connectivity index (χ1n) is 6.81. The lowest BCUT2D eigenvalue weighted by Crippen LogP contribution is -2.16. The smallest absolute Gasteiger partial charge is 0.0577 e. The zero-order valence-corrected chi connectivity index (χ0v) is 10.6. The Bertz CT molecular complexity index is 180. The highest BCUT2D eigenvalue weighted by Gasteiger charge is 2.17. The summed E-state index contributed by atoms with van der Waals surface area (Å²) in [4.78, 5) is 0. The van der Waals surface area contributed by atoms with Gasteiger partial charge in [-0.15, -0.1) is 0 Å². The van der Waals surface area contributed by atoms with Gasteiger partial charge >= 0.3 is 0 Å². The van der Waals surface area contributed by atoms with Crippen LogP contribution in [0.15, 0.2) is 0 Å². The first-order valence-corrected chi connectivity index (χ1v) is 6.81. The standard InChI is InChI=1S/C13H26O4/c14-9-1-3-11(15)5-6-12(16)7-8-13-4-2-10-17-13/h11-16H,1-10H2. The van der Waals surface area contributed by atoms with E-state index in [1.54, 1.807) is 0 Å². The van der Waals surface area contributed by atoms with Crippen molar-refractivity contribution in [3.8, 4) is 0 Å². The average molecular weight is 246 g/mol. The van der Waals surface area contributed by atoms with Gasteiger partial charge in [-0.2, -0.15) is 0 Å². The minimum absolute atomic E-state index is 0.124. The van der Waals surface area contributed by atoms with E-state index in [9.17, 15) is 10.2 Å². The van der Waals surface area contributed by atoms with Gasteiger partial charge in [0.25, 0.3) is 0 Å². The van der Waals surface area contributed by atoms with E-state index in [1.165, 1.54) is 0 Å². The Labute approximate surface area is 104 Å². The van der Waals surface area contributed by atoms with E-state index in [0.29, 0.717) is 31.8 Å². The van der Waals surface area contributed by atoms with Gasteiger partial charge < -0.3 is 20.1 Å². The number of rotatable bonds is 9. The van der Waals surface area contributed by atoms with Crippen LogP contribution in [-0.2, 0) is 4.74 Å². The molecule has 3 unspecified atom stereocenters. The summed E-state index contributed by atoms with van der Waals surface area (Å²) in [7, 11) is 0. The summed E-state index contributed by atoms with van der Waals surface area (Å²) < 4.78 is 5.49. The van der Waals surface area contributed by atoms with Gasteiger partial charge in [-0.1, -0.05) is 0 Å². The molecule has 0 bridgehead atoms. The van der Waals surface area contributed by atoms with Crippen molar-refractivity contribution in [2.45, 2.75) is 69.7 Å². The Morgan fingerprint density at radius 2 is 1.76 bits per heavy atom. The minimum atomic E-state index is -0.389. The number of hydrogen-bond donors (Lipinski definition) is 3. The van der Waals surface area contributed by atoms with Crippen molar-refractivity contribution in [2.75, 3.05) is 13.2 Å². The van der Waals surface area contributed by atoms with Gasteiger partial charge in [-0.05, 0) is 51.4 Å². The highest BCUT2D eigenvalue weighted by molar-refractivity contribution is 4.68. The van der Waals surface area contributed by atoms with E-state index >= 15 is 0 Å². The summed E-state index contributed by atoms with van der Waals surface area (Å²) in [5.41, 5.74) is 0. The molecule has 0 aliphatic carbocycles. The molecule has 1 heterocycles. The maximum Gasteiger partial charge on any atom is 0.0577 e. The van der Waals surface area contributed by atoms with Gasteiger partial charge in [0, 0.05) is 13.2 Å². The molecule has 0 spiro atoms. The molecule has 102 valence electrons. The summed E-state index contributed by atoms with van der Waals surface area (Å²) in [5.74, 6) is 0. The molecule has 3 atom stereocenters. The van der Waals surface area contributed by atoms with Crippen LogP contribution in [0.4, 0.5) is 0 Å². The van der Waals surface area contributed by atoms with Gasteiger partial charge in [0.2, 0.25) is 0 Å². The van der Waals surface area contributed by atoms with Crippen LogP contribution in [-0.4, -0.2) is 46.8 Å². The zero-order valence-electron chi connectivity index (χ0n) is 10.6. The van der Waals surface area contributed by atoms with Crippen molar-refractivity contribution < 1.29 is 20.1 Å². The second kappa shape index (κ2) is 8.86. The third kappa shape index (κ3) is 6.99. The summed E-state index contributed by atoms with van der Waals surface area (Å²) in [5, 5.41) is 28.0. The summed E-state index contributed by atoms with van der Waals surface area (Å²) in [6.45, 7) is 0.985. The Morgan fingerprint density at radius 3 is 2.35 bits per heavy atom. The lowest BCUT2D eigenvalue weighted by Gasteiger charge is -2.15. The molecule has 1 saturated heterocycles. The first kappa shape index (κ1) is 14.9. The van der Waals surface area contributed by atoms with Crippen LogP contribution < -0.4 is 0 Å². The number of aliphatic hydroxyl groups is 3. The van der Waals surface area contributed by atoms with Gasteiger partial charge in [-0.3, -0.25) is 0 Å². The zero-order chi connectivity index (χ0) is 12.5. The van der Waals surface area contributed by atoms with Gasteiger partial charge in [-0.25, -0.2) is 0 Å². The molecular formula is C13H26O4. The Balaban J connectivity index is 1.97. The molecule has 1 rings (SSSR count). The van der Waals surface area contributed by atoms with Crippen molar-refractivity contribution in [1.29, 1.82) is 0 Å². The Kier molecular flexibility index (Phi) is 7.77. The third-order valence-electron chi connectivity index (χ3n) is 3.37. The molecule has 3 N–H and O–H groups in total. The van der Waals surface area contributed by atoms with Crippen LogP contribution in [0.3, 0.4) is 0 Å². The molecular weight excluding hydrogens is 220 g/mol. The molecule has 4 nitrogen and oxygen atoms in total. The second-order valence-corrected chi connectivity index (χ2v) is 4.96. The van der Waals surface area contributed by atoms with E-state index in [4.69, 9.17) is 9.84 Å². The van der Waals surface area contributed by atoms with Gasteiger partial charge in [0.1, 0.15) is 0 Å². The van der Waals surface area contributed by atoms with Crippen molar-refractivity contribution in [1.82, 2.24) is 0 Å². The maximum absolute atomic E-state index is 9.77. The van der Waals surface area contributed by atoms with Crippen LogP contribution in [0.2, 0.25) is 0 Å². The molecule has 4 heteroatoms. The summed E-state index contributed by atoms with van der Waals surface area (Å²) in [6, 6.07) is 0. The maximum atomic E-state index is 9.77. The van der Waals surface area contributed by atoms with E-state index in [0.717, 1.165) is 32.3 Å². The van der Waals surface area contributed by atoms with Crippen molar-refractivity contribution in [3.63, 3.8) is 0 Å². The fourth-order valence-corrected chi connectivity index (χ4v) is 2.25. The number of hydrogen-bond acceptors (Lipinski definition) is 4. The predicted octanol–water partition coefficient (Wildman–Crippen LogP) is 1.22. The highest BCUT2D eigenvalue weighted by Crippen LogP contribution is 2.19. The lowest BCUT2D eigenvalue weighted by molar-refractivity contribution is 0.0685. The van der Waals surface area contributed by atoms with E-state index in [-0.39, 0.29) is 18.8 Å². The lowest BCUT2D eigenvalue weighted by atomic mass is 10.0. The van der Waals surface area contributed by atoms with Crippen molar-refractivity contribution >= 4 is 0 Å². The third-order valence-corrected chi connectivity index (χ3v) is 3.37. The topological polar surface area (TPSA) is 69.9 Å². The molecule has 1 aliphatic heterocycles. The molecule has 17 heavy (non-hydrogen) atoms. The normalized spacial score (nSPS) is 23.8. The van der Waals surface area contributed by atoms with Crippen LogP contribution in [0.1, 0.15) is 51.4 Å². The molecule has 0 aromatic rings. The average Bonchev–Trinajstić information content (AvgIpc) is 2.84. The quantitative estimate of drug-likeness (QED) is 0.572. The van der Waals surface area contributed by atoms with Crippen LogP contribution >= 0.6 is 0 Å². The van der Waals surface area contributed by atoms with Crippen LogP contribution in [0.25, 0.3) is 0 Å².